The lowest BCUT2D eigenvalue weighted by molar-refractivity contribution is 0.0708. The van der Waals surface area contributed by atoms with Gasteiger partial charge >= 0.3 is 8.80 Å². The molecule has 0 heterocycles. The zero-order valence-corrected chi connectivity index (χ0v) is 17.6. The molecule has 0 amide bonds. The Balaban J connectivity index is 3.60. The molecule has 0 aliphatic rings. The molecular formula is C18H42N2O3Si. The second kappa shape index (κ2) is 17.8. The Labute approximate surface area is 151 Å². The molecule has 0 saturated heterocycles. The van der Waals surface area contributed by atoms with Gasteiger partial charge in [-0.1, -0.05) is 32.6 Å². The number of nitrogens with one attached hydrogen (secondary N) is 2. The molecule has 0 spiro atoms. The molecular weight excluding hydrogens is 320 g/mol. The van der Waals surface area contributed by atoms with Crippen molar-refractivity contribution in [3.63, 3.8) is 0 Å². The van der Waals surface area contributed by atoms with Crippen LogP contribution in [0, 0.1) is 0 Å². The molecule has 5 nitrogen and oxygen atoms in total. The Hall–Kier alpha value is 0.0169. The van der Waals surface area contributed by atoms with Crippen LogP contribution in [0.5, 0.6) is 0 Å². The molecule has 0 aliphatic carbocycles. The highest BCUT2D eigenvalue weighted by Crippen LogP contribution is 2.17. The van der Waals surface area contributed by atoms with Crippen molar-refractivity contribution in [2.24, 2.45) is 0 Å². The molecule has 0 aromatic heterocycles. The van der Waals surface area contributed by atoms with Crippen molar-refractivity contribution in [3.05, 3.63) is 0 Å². The van der Waals surface area contributed by atoms with Gasteiger partial charge in [0.25, 0.3) is 0 Å². The van der Waals surface area contributed by atoms with Crippen molar-refractivity contribution >= 4 is 8.80 Å². The highest BCUT2D eigenvalue weighted by molar-refractivity contribution is 6.60. The van der Waals surface area contributed by atoms with Crippen molar-refractivity contribution in [1.82, 2.24) is 10.6 Å². The highest BCUT2D eigenvalue weighted by atomic mass is 28.4. The molecule has 0 rings (SSSR count). The summed E-state index contributed by atoms with van der Waals surface area (Å²) in [5.41, 5.74) is 0. The van der Waals surface area contributed by atoms with Gasteiger partial charge in [-0.2, -0.15) is 0 Å². The van der Waals surface area contributed by atoms with Crippen molar-refractivity contribution in [2.45, 2.75) is 72.3 Å². The van der Waals surface area contributed by atoms with Crippen LogP contribution in [0.15, 0.2) is 0 Å². The number of rotatable bonds is 19. The van der Waals surface area contributed by atoms with Gasteiger partial charge in [-0.05, 0) is 46.7 Å². The van der Waals surface area contributed by atoms with Gasteiger partial charge in [-0.15, -0.1) is 0 Å². The first-order chi connectivity index (χ1) is 11.7. The molecule has 0 aliphatic heterocycles. The zero-order valence-electron chi connectivity index (χ0n) is 16.6. The molecule has 146 valence electrons. The summed E-state index contributed by atoms with van der Waals surface area (Å²) in [6, 6.07) is 0.889. The van der Waals surface area contributed by atoms with E-state index in [0.717, 1.165) is 38.6 Å². The predicted octanol–water partition coefficient (Wildman–Crippen LogP) is 3.57. The minimum atomic E-state index is -2.45. The molecule has 0 aromatic rings. The van der Waals surface area contributed by atoms with E-state index in [1.165, 1.54) is 32.1 Å². The van der Waals surface area contributed by atoms with Crippen LogP contribution in [-0.4, -0.2) is 54.8 Å². The standard InChI is InChI=1S/C18H42N2O3Si/c1-5-9-10-11-12-14-19-16-17-20-15-13-18-24(21-6-2,22-7-3)23-8-4/h19-20H,5-18H2,1-4H3. The number of hydrogen-bond acceptors (Lipinski definition) is 5. The molecule has 0 unspecified atom stereocenters. The summed E-state index contributed by atoms with van der Waals surface area (Å²) in [7, 11) is -2.45. The molecule has 0 atom stereocenters. The van der Waals surface area contributed by atoms with E-state index in [1.54, 1.807) is 0 Å². The van der Waals surface area contributed by atoms with Gasteiger partial charge in [0.2, 0.25) is 0 Å². The average Bonchev–Trinajstić information content (AvgIpc) is 2.56. The third-order valence-corrected chi connectivity index (χ3v) is 7.02. The minimum Gasteiger partial charge on any atom is -0.374 e. The van der Waals surface area contributed by atoms with E-state index in [9.17, 15) is 0 Å². The Morgan fingerprint density at radius 1 is 0.583 bits per heavy atom. The molecule has 2 N–H and O–H groups in total. The largest absolute Gasteiger partial charge is 0.500 e. The minimum absolute atomic E-state index is 0.655. The monoisotopic (exact) mass is 362 g/mol. The molecule has 0 bridgehead atoms. The first-order valence-electron chi connectivity index (χ1n) is 10.1. The molecule has 6 heteroatoms. The summed E-state index contributed by atoms with van der Waals surface area (Å²) in [6.45, 7) is 14.4. The van der Waals surface area contributed by atoms with Crippen LogP contribution in [0.1, 0.15) is 66.2 Å². The lowest BCUT2D eigenvalue weighted by atomic mass is 10.1. The van der Waals surface area contributed by atoms with E-state index in [0.29, 0.717) is 19.8 Å². The third kappa shape index (κ3) is 13.3. The van der Waals surface area contributed by atoms with Crippen LogP contribution in [-0.2, 0) is 13.3 Å². The van der Waals surface area contributed by atoms with Gasteiger partial charge in [-0.3, -0.25) is 0 Å². The SMILES string of the molecule is CCCCCCCNCCNCCC[Si](OCC)(OCC)OCC. The summed E-state index contributed by atoms with van der Waals surface area (Å²) in [6.07, 6.45) is 7.75. The first-order valence-corrected chi connectivity index (χ1v) is 12.0. The van der Waals surface area contributed by atoms with E-state index < -0.39 is 8.80 Å². The zero-order chi connectivity index (χ0) is 17.9. The van der Waals surface area contributed by atoms with Gasteiger partial charge in [0.1, 0.15) is 0 Å². The maximum Gasteiger partial charge on any atom is 0.500 e. The van der Waals surface area contributed by atoms with Crippen LogP contribution < -0.4 is 10.6 Å². The van der Waals surface area contributed by atoms with Gasteiger partial charge in [-0.25, -0.2) is 0 Å². The fourth-order valence-corrected chi connectivity index (χ4v) is 5.32. The lowest BCUT2D eigenvalue weighted by Crippen LogP contribution is -2.46. The quantitative estimate of drug-likeness (QED) is 0.272. The summed E-state index contributed by atoms with van der Waals surface area (Å²) in [5, 5.41) is 6.99. The Kier molecular flexibility index (Phi) is 17.8. The highest BCUT2D eigenvalue weighted by Gasteiger charge is 2.39. The van der Waals surface area contributed by atoms with Crippen LogP contribution in [0.3, 0.4) is 0 Å². The van der Waals surface area contributed by atoms with Gasteiger partial charge in [0, 0.05) is 39.0 Å². The van der Waals surface area contributed by atoms with Crippen molar-refractivity contribution < 1.29 is 13.3 Å². The molecule has 0 saturated carbocycles. The number of unbranched alkanes of at least 4 members (excludes halogenated alkanes) is 4. The van der Waals surface area contributed by atoms with Crippen LogP contribution >= 0.6 is 0 Å². The summed E-state index contributed by atoms with van der Waals surface area (Å²) < 4.78 is 17.6. The molecule has 24 heavy (non-hydrogen) atoms. The topological polar surface area (TPSA) is 51.8 Å². The fraction of sp³-hybridized carbons (Fsp3) is 1.00. The van der Waals surface area contributed by atoms with Gasteiger partial charge < -0.3 is 23.9 Å². The van der Waals surface area contributed by atoms with Crippen molar-refractivity contribution in [3.8, 4) is 0 Å². The Morgan fingerprint density at radius 2 is 1.08 bits per heavy atom. The molecule has 0 aromatic carbocycles. The van der Waals surface area contributed by atoms with Gasteiger partial charge in [0.05, 0.1) is 0 Å². The van der Waals surface area contributed by atoms with E-state index in [4.69, 9.17) is 13.3 Å². The van der Waals surface area contributed by atoms with E-state index >= 15 is 0 Å². The normalized spacial score (nSPS) is 12.0. The average molecular weight is 363 g/mol. The van der Waals surface area contributed by atoms with Gasteiger partial charge in [0.15, 0.2) is 0 Å². The summed E-state index contributed by atoms with van der Waals surface area (Å²) >= 11 is 0. The van der Waals surface area contributed by atoms with Crippen molar-refractivity contribution in [1.29, 1.82) is 0 Å². The lowest BCUT2D eigenvalue weighted by Gasteiger charge is -2.28. The maximum atomic E-state index is 5.86. The van der Waals surface area contributed by atoms with Crippen molar-refractivity contribution in [2.75, 3.05) is 46.0 Å². The second-order valence-corrected chi connectivity index (χ2v) is 8.73. The Morgan fingerprint density at radius 3 is 1.58 bits per heavy atom. The van der Waals surface area contributed by atoms with E-state index in [2.05, 4.69) is 17.6 Å². The first kappa shape index (κ1) is 24.0. The summed E-state index contributed by atoms with van der Waals surface area (Å²) in [5.74, 6) is 0. The second-order valence-electron chi connectivity index (χ2n) is 6.00. The molecule has 0 fully saturated rings. The number of hydrogen-bond donors (Lipinski definition) is 2. The van der Waals surface area contributed by atoms with Crippen LogP contribution in [0.2, 0.25) is 6.04 Å². The predicted molar refractivity (Wildman–Crippen MR) is 105 cm³/mol. The fourth-order valence-electron chi connectivity index (χ4n) is 2.71. The van der Waals surface area contributed by atoms with E-state index in [1.807, 2.05) is 20.8 Å². The maximum absolute atomic E-state index is 5.86. The Bertz CT molecular complexity index is 241. The van der Waals surface area contributed by atoms with Crippen LogP contribution in [0.4, 0.5) is 0 Å². The van der Waals surface area contributed by atoms with E-state index in [-0.39, 0.29) is 0 Å². The van der Waals surface area contributed by atoms with Crippen LogP contribution in [0.25, 0.3) is 0 Å². The third-order valence-electron chi connectivity index (χ3n) is 3.86. The molecule has 0 radical (unpaired) electrons. The summed E-state index contributed by atoms with van der Waals surface area (Å²) in [4.78, 5) is 0. The smallest absolute Gasteiger partial charge is 0.374 e.